The van der Waals surface area contributed by atoms with Crippen molar-refractivity contribution in [3.05, 3.63) is 35.6 Å². The molecular weight excluding hydrogens is 232 g/mol. The molecule has 1 aromatic heterocycles. The van der Waals surface area contributed by atoms with Gasteiger partial charge in [0, 0.05) is 12.0 Å². The van der Waals surface area contributed by atoms with Crippen LogP contribution in [0.4, 0.5) is 0 Å². The van der Waals surface area contributed by atoms with Gasteiger partial charge in [-0.3, -0.25) is 0 Å². The Labute approximate surface area is 105 Å². The molecule has 0 saturated heterocycles. The smallest absolute Gasteiger partial charge is 0.340 e. The molecule has 2 aromatic rings. The van der Waals surface area contributed by atoms with Crippen LogP contribution in [0.2, 0.25) is 0 Å². The third-order valence-corrected chi connectivity index (χ3v) is 2.57. The minimum absolute atomic E-state index is 0.189. The summed E-state index contributed by atoms with van der Waals surface area (Å²) in [5.74, 6) is -0.199. The standard InChI is InChI=1S/C14H16O4/c1-9(2)7-17-8-12-13(14(15)16)10-5-3-4-6-11(10)18-12/h3-6,9H,7-8H2,1-2H3,(H,15,16). The number of hydrogen-bond donors (Lipinski definition) is 1. The Bertz CT molecular complexity index is 554. The molecule has 4 nitrogen and oxygen atoms in total. The highest BCUT2D eigenvalue weighted by atomic mass is 16.5. The number of ether oxygens (including phenoxy) is 1. The summed E-state index contributed by atoms with van der Waals surface area (Å²) in [5, 5.41) is 9.86. The molecular formula is C14H16O4. The van der Waals surface area contributed by atoms with Crippen molar-refractivity contribution in [2.45, 2.75) is 20.5 Å². The van der Waals surface area contributed by atoms with Crippen molar-refractivity contribution in [3.63, 3.8) is 0 Å². The first-order valence-corrected chi connectivity index (χ1v) is 5.91. The van der Waals surface area contributed by atoms with Crippen LogP contribution in [0, 0.1) is 5.92 Å². The molecule has 0 bridgehead atoms. The van der Waals surface area contributed by atoms with E-state index in [9.17, 15) is 9.90 Å². The van der Waals surface area contributed by atoms with Gasteiger partial charge in [0.05, 0.1) is 0 Å². The van der Waals surface area contributed by atoms with E-state index in [-0.39, 0.29) is 12.2 Å². The molecule has 96 valence electrons. The number of para-hydroxylation sites is 1. The van der Waals surface area contributed by atoms with Gasteiger partial charge in [0.25, 0.3) is 0 Å². The topological polar surface area (TPSA) is 59.7 Å². The van der Waals surface area contributed by atoms with Crippen LogP contribution in [-0.2, 0) is 11.3 Å². The van der Waals surface area contributed by atoms with Crippen molar-refractivity contribution in [2.24, 2.45) is 5.92 Å². The van der Waals surface area contributed by atoms with Gasteiger partial charge < -0.3 is 14.3 Å². The number of carboxylic acid groups (broad SMARTS) is 1. The first-order chi connectivity index (χ1) is 8.59. The molecule has 0 atom stereocenters. The number of rotatable bonds is 5. The molecule has 0 unspecified atom stereocenters. The van der Waals surface area contributed by atoms with Crippen LogP contribution in [0.25, 0.3) is 11.0 Å². The average molecular weight is 248 g/mol. The van der Waals surface area contributed by atoms with Crippen molar-refractivity contribution in [2.75, 3.05) is 6.61 Å². The van der Waals surface area contributed by atoms with Gasteiger partial charge in [-0.25, -0.2) is 4.79 Å². The van der Waals surface area contributed by atoms with Gasteiger partial charge in [-0.15, -0.1) is 0 Å². The van der Waals surface area contributed by atoms with E-state index in [0.29, 0.717) is 29.3 Å². The molecule has 0 fully saturated rings. The quantitative estimate of drug-likeness (QED) is 0.881. The van der Waals surface area contributed by atoms with Crippen LogP contribution in [0.5, 0.6) is 0 Å². The Morgan fingerprint density at radius 3 is 2.78 bits per heavy atom. The van der Waals surface area contributed by atoms with Crippen LogP contribution in [0.1, 0.15) is 30.0 Å². The highest BCUT2D eigenvalue weighted by Gasteiger charge is 2.19. The minimum Gasteiger partial charge on any atom is -0.478 e. The molecule has 0 aliphatic rings. The summed E-state index contributed by atoms with van der Waals surface area (Å²) in [6.07, 6.45) is 0. The van der Waals surface area contributed by atoms with Gasteiger partial charge in [-0.1, -0.05) is 32.0 Å². The maximum atomic E-state index is 11.3. The first kappa shape index (κ1) is 12.6. The zero-order chi connectivity index (χ0) is 13.1. The van der Waals surface area contributed by atoms with Crippen LogP contribution in [-0.4, -0.2) is 17.7 Å². The second-order valence-electron chi connectivity index (χ2n) is 4.61. The monoisotopic (exact) mass is 248 g/mol. The van der Waals surface area contributed by atoms with Crippen molar-refractivity contribution in [3.8, 4) is 0 Å². The zero-order valence-electron chi connectivity index (χ0n) is 10.5. The Balaban J connectivity index is 2.31. The lowest BCUT2D eigenvalue weighted by atomic mass is 10.1. The zero-order valence-corrected chi connectivity index (χ0v) is 10.5. The Morgan fingerprint density at radius 1 is 1.39 bits per heavy atom. The first-order valence-electron chi connectivity index (χ1n) is 5.91. The van der Waals surface area contributed by atoms with Gasteiger partial charge >= 0.3 is 5.97 Å². The number of fused-ring (bicyclic) bond motifs is 1. The van der Waals surface area contributed by atoms with Gasteiger partial charge in [0.1, 0.15) is 23.5 Å². The summed E-state index contributed by atoms with van der Waals surface area (Å²) in [6.45, 7) is 4.85. The van der Waals surface area contributed by atoms with Gasteiger partial charge in [-0.2, -0.15) is 0 Å². The number of furan rings is 1. The number of aromatic carboxylic acids is 1. The number of carboxylic acids is 1. The summed E-state index contributed by atoms with van der Waals surface area (Å²) >= 11 is 0. The molecule has 1 N–H and O–H groups in total. The molecule has 4 heteroatoms. The van der Waals surface area contributed by atoms with Gasteiger partial charge in [-0.05, 0) is 12.0 Å². The van der Waals surface area contributed by atoms with E-state index in [2.05, 4.69) is 0 Å². The molecule has 0 saturated carbocycles. The average Bonchev–Trinajstić information content (AvgIpc) is 2.66. The summed E-state index contributed by atoms with van der Waals surface area (Å²) < 4.78 is 11.0. The fraction of sp³-hybridized carbons (Fsp3) is 0.357. The lowest BCUT2D eigenvalue weighted by Crippen LogP contribution is -2.05. The minimum atomic E-state index is -0.983. The van der Waals surface area contributed by atoms with E-state index in [1.54, 1.807) is 18.2 Å². The van der Waals surface area contributed by atoms with E-state index in [0.717, 1.165) is 0 Å². The predicted molar refractivity (Wildman–Crippen MR) is 67.7 cm³/mol. The second-order valence-corrected chi connectivity index (χ2v) is 4.61. The van der Waals surface area contributed by atoms with Crippen molar-refractivity contribution in [1.29, 1.82) is 0 Å². The van der Waals surface area contributed by atoms with Crippen LogP contribution < -0.4 is 0 Å². The maximum Gasteiger partial charge on any atom is 0.340 e. The number of carbonyl (C=O) groups is 1. The molecule has 18 heavy (non-hydrogen) atoms. The molecule has 1 heterocycles. The van der Waals surface area contributed by atoms with E-state index in [4.69, 9.17) is 9.15 Å². The van der Waals surface area contributed by atoms with Gasteiger partial charge in [0.2, 0.25) is 0 Å². The maximum absolute atomic E-state index is 11.3. The van der Waals surface area contributed by atoms with Crippen molar-refractivity contribution in [1.82, 2.24) is 0 Å². The lowest BCUT2D eigenvalue weighted by molar-refractivity contribution is 0.0667. The van der Waals surface area contributed by atoms with Crippen molar-refractivity contribution < 1.29 is 19.1 Å². The molecule has 2 rings (SSSR count). The molecule has 0 amide bonds. The van der Waals surface area contributed by atoms with Crippen LogP contribution >= 0.6 is 0 Å². The summed E-state index contributed by atoms with van der Waals surface area (Å²) in [4.78, 5) is 11.3. The normalized spacial score (nSPS) is 11.3. The molecule has 1 aromatic carbocycles. The predicted octanol–water partition coefficient (Wildman–Crippen LogP) is 3.30. The molecule has 0 aliphatic heterocycles. The van der Waals surface area contributed by atoms with Crippen molar-refractivity contribution >= 4 is 16.9 Å². The SMILES string of the molecule is CC(C)COCc1oc2ccccc2c1C(=O)O. The molecule has 0 radical (unpaired) electrons. The molecule has 0 spiro atoms. The summed E-state index contributed by atoms with van der Waals surface area (Å²) in [6, 6.07) is 7.11. The Kier molecular flexibility index (Phi) is 3.67. The van der Waals surface area contributed by atoms with E-state index < -0.39 is 5.97 Å². The fourth-order valence-electron chi connectivity index (χ4n) is 1.82. The second kappa shape index (κ2) is 5.23. The molecule has 0 aliphatic carbocycles. The Morgan fingerprint density at radius 2 is 2.11 bits per heavy atom. The highest BCUT2D eigenvalue weighted by molar-refractivity contribution is 6.03. The summed E-state index contributed by atoms with van der Waals surface area (Å²) in [7, 11) is 0. The Hall–Kier alpha value is -1.81. The van der Waals surface area contributed by atoms with Crippen LogP contribution in [0.15, 0.2) is 28.7 Å². The number of benzene rings is 1. The number of hydrogen-bond acceptors (Lipinski definition) is 3. The lowest BCUT2D eigenvalue weighted by Gasteiger charge is -2.05. The summed E-state index contributed by atoms with van der Waals surface area (Å²) in [5.41, 5.74) is 0.785. The third kappa shape index (κ3) is 2.54. The van der Waals surface area contributed by atoms with E-state index >= 15 is 0 Å². The van der Waals surface area contributed by atoms with Crippen LogP contribution in [0.3, 0.4) is 0 Å². The largest absolute Gasteiger partial charge is 0.478 e. The van der Waals surface area contributed by atoms with E-state index in [1.165, 1.54) is 0 Å². The highest BCUT2D eigenvalue weighted by Crippen LogP contribution is 2.26. The fourth-order valence-corrected chi connectivity index (χ4v) is 1.82. The third-order valence-electron chi connectivity index (χ3n) is 2.57. The van der Waals surface area contributed by atoms with E-state index in [1.807, 2.05) is 19.9 Å². The van der Waals surface area contributed by atoms with Gasteiger partial charge in [0.15, 0.2) is 0 Å².